The van der Waals surface area contributed by atoms with Gasteiger partial charge in [0, 0.05) is 5.56 Å². The zero-order chi connectivity index (χ0) is 24.8. The van der Waals surface area contributed by atoms with Crippen molar-refractivity contribution < 1.29 is 14.3 Å². The largest absolute Gasteiger partial charge is 0.493 e. The molecule has 176 valence electrons. The van der Waals surface area contributed by atoms with Crippen molar-refractivity contribution in [1.29, 1.82) is 5.26 Å². The van der Waals surface area contributed by atoms with Crippen molar-refractivity contribution in [2.45, 2.75) is 26.9 Å². The molecule has 4 rings (SSSR count). The molecule has 0 aliphatic carbocycles. The average Bonchev–Trinajstić information content (AvgIpc) is 3.34. The van der Waals surface area contributed by atoms with E-state index in [4.69, 9.17) is 9.47 Å². The van der Waals surface area contributed by atoms with Crippen molar-refractivity contribution >= 4 is 39.2 Å². The Morgan fingerprint density at radius 2 is 1.97 bits per heavy atom. The van der Waals surface area contributed by atoms with E-state index in [1.165, 1.54) is 17.4 Å². The van der Waals surface area contributed by atoms with E-state index in [9.17, 15) is 10.1 Å². The second-order valence-electron chi connectivity index (χ2n) is 7.76. The maximum absolute atomic E-state index is 12.5. The van der Waals surface area contributed by atoms with E-state index in [0.29, 0.717) is 28.8 Å². The fourth-order valence-electron chi connectivity index (χ4n) is 3.61. The molecule has 35 heavy (non-hydrogen) atoms. The third-order valence-corrected chi connectivity index (χ3v) is 6.48. The van der Waals surface area contributed by atoms with Crippen molar-refractivity contribution in [2.24, 2.45) is 0 Å². The zero-order valence-corrected chi connectivity index (χ0v) is 20.5. The Morgan fingerprint density at radius 1 is 1.14 bits per heavy atom. The van der Waals surface area contributed by atoms with E-state index in [0.717, 1.165) is 33.3 Å². The molecule has 1 N–H and O–H groups in total. The molecule has 0 aliphatic heterocycles. The van der Waals surface area contributed by atoms with Crippen molar-refractivity contribution in [3.05, 3.63) is 81.9 Å². The predicted octanol–water partition coefficient (Wildman–Crippen LogP) is 5.70. The Bertz CT molecular complexity index is 1450. The molecule has 3 aromatic carbocycles. The van der Waals surface area contributed by atoms with Gasteiger partial charge in [0.2, 0.25) is 5.13 Å². The quantitative estimate of drug-likeness (QED) is 0.255. The van der Waals surface area contributed by atoms with Crippen molar-refractivity contribution in [2.75, 3.05) is 12.4 Å². The Balaban J connectivity index is 1.53. The molecule has 0 unspecified atom stereocenters. The number of amides is 1. The van der Waals surface area contributed by atoms with Gasteiger partial charge < -0.3 is 9.47 Å². The molecule has 1 heterocycles. The fraction of sp³-hybridized carbons (Fsp3) is 0.185. The van der Waals surface area contributed by atoms with Gasteiger partial charge >= 0.3 is 0 Å². The van der Waals surface area contributed by atoms with E-state index in [1.54, 1.807) is 25.3 Å². The summed E-state index contributed by atoms with van der Waals surface area (Å²) in [6.45, 7) is 4.40. The third kappa shape index (κ3) is 5.48. The molecule has 0 atom stereocenters. The second kappa shape index (κ2) is 10.8. The Hall–Kier alpha value is -4.22. The third-order valence-electron chi connectivity index (χ3n) is 5.50. The topological polar surface area (TPSA) is 97.1 Å². The first-order valence-electron chi connectivity index (χ1n) is 11.1. The fourth-order valence-corrected chi connectivity index (χ4v) is 4.28. The Kier molecular flexibility index (Phi) is 7.38. The number of benzene rings is 3. The van der Waals surface area contributed by atoms with Gasteiger partial charge in [0.1, 0.15) is 23.3 Å². The highest BCUT2D eigenvalue weighted by molar-refractivity contribution is 7.15. The van der Waals surface area contributed by atoms with Crippen LogP contribution in [0.4, 0.5) is 5.13 Å². The molecule has 0 spiro atoms. The van der Waals surface area contributed by atoms with Crippen LogP contribution in [0.15, 0.2) is 60.2 Å². The van der Waals surface area contributed by atoms with E-state index in [1.807, 2.05) is 25.1 Å². The summed E-state index contributed by atoms with van der Waals surface area (Å²) in [6, 6.07) is 19.6. The van der Waals surface area contributed by atoms with Crippen LogP contribution < -0.4 is 14.8 Å². The van der Waals surface area contributed by atoms with Gasteiger partial charge in [0.25, 0.3) is 5.91 Å². The molecule has 0 bridgehead atoms. The van der Waals surface area contributed by atoms with Crippen LogP contribution >= 0.6 is 11.3 Å². The SMILES string of the molecule is CCc1nnc(NC(=O)/C(C#N)=C/c2ccc(OCc3c(C)ccc4ccccc34)c(OC)c2)s1. The minimum absolute atomic E-state index is 0.0552. The predicted molar refractivity (Wildman–Crippen MR) is 138 cm³/mol. The number of nitrogens with zero attached hydrogens (tertiary/aromatic N) is 3. The molecule has 0 fully saturated rings. The summed E-state index contributed by atoms with van der Waals surface area (Å²) in [5, 5.41) is 23.5. The summed E-state index contributed by atoms with van der Waals surface area (Å²) in [6.07, 6.45) is 2.22. The molecule has 0 radical (unpaired) electrons. The molecule has 8 heteroatoms. The maximum Gasteiger partial charge on any atom is 0.268 e. The lowest BCUT2D eigenvalue weighted by atomic mass is 10.0. The number of ether oxygens (including phenoxy) is 2. The summed E-state index contributed by atoms with van der Waals surface area (Å²) in [5.74, 6) is 0.531. The first kappa shape index (κ1) is 23.9. The molecular weight excluding hydrogens is 460 g/mol. The van der Waals surface area contributed by atoms with Gasteiger partial charge in [-0.3, -0.25) is 10.1 Å². The lowest BCUT2D eigenvalue weighted by Crippen LogP contribution is -2.13. The maximum atomic E-state index is 12.5. The Morgan fingerprint density at radius 3 is 2.71 bits per heavy atom. The highest BCUT2D eigenvalue weighted by Gasteiger charge is 2.14. The van der Waals surface area contributed by atoms with E-state index in [-0.39, 0.29) is 5.57 Å². The smallest absolute Gasteiger partial charge is 0.268 e. The van der Waals surface area contributed by atoms with Crippen LogP contribution in [0.1, 0.15) is 28.6 Å². The van der Waals surface area contributed by atoms with Gasteiger partial charge in [-0.05, 0) is 53.5 Å². The van der Waals surface area contributed by atoms with Crippen LogP contribution in [0.2, 0.25) is 0 Å². The number of methoxy groups -OCH3 is 1. The summed E-state index contributed by atoms with van der Waals surface area (Å²) in [7, 11) is 1.55. The number of nitriles is 1. The first-order chi connectivity index (χ1) is 17.0. The second-order valence-corrected chi connectivity index (χ2v) is 8.82. The van der Waals surface area contributed by atoms with Crippen LogP contribution in [0.3, 0.4) is 0 Å². The molecule has 1 amide bonds. The summed E-state index contributed by atoms with van der Waals surface area (Å²) in [5.41, 5.74) is 2.84. The monoisotopic (exact) mass is 484 g/mol. The van der Waals surface area contributed by atoms with Crippen LogP contribution in [0, 0.1) is 18.3 Å². The van der Waals surface area contributed by atoms with Gasteiger partial charge in [-0.25, -0.2) is 0 Å². The van der Waals surface area contributed by atoms with E-state index >= 15 is 0 Å². The average molecular weight is 485 g/mol. The van der Waals surface area contributed by atoms with Gasteiger partial charge in [-0.2, -0.15) is 5.26 Å². The molecular formula is C27H24N4O3S. The molecule has 1 aromatic heterocycles. The number of hydrogen-bond acceptors (Lipinski definition) is 7. The summed E-state index contributed by atoms with van der Waals surface area (Å²) < 4.78 is 11.6. The summed E-state index contributed by atoms with van der Waals surface area (Å²) in [4.78, 5) is 12.5. The first-order valence-corrected chi connectivity index (χ1v) is 11.9. The number of aryl methyl sites for hydroxylation is 2. The van der Waals surface area contributed by atoms with Crippen LogP contribution in [-0.4, -0.2) is 23.2 Å². The molecule has 0 aliphatic rings. The van der Waals surface area contributed by atoms with Crippen molar-refractivity contribution in [1.82, 2.24) is 10.2 Å². The van der Waals surface area contributed by atoms with Gasteiger partial charge in [-0.1, -0.05) is 60.7 Å². The standard InChI is InChI=1S/C27H24N4O3S/c1-4-25-30-31-27(35-25)29-26(32)20(15-28)13-18-10-12-23(24(14-18)33-3)34-16-22-17(2)9-11-19-7-5-6-8-21(19)22/h5-14H,4,16H2,1-3H3,(H,29,31,32)/b20-13+. The van der Waals surface area contributed by atoms with Crippen LogP contribution in [-0.2, 0) is 17.8 Å². The lowest BCUT2D eigenvalue weighted by Gasteiger charge is -2.14. The molecule has 7 nitrogen and oxygen atoms in total. The number of nitrogens with one attached hydrogen (secondary N) is 1. The highest BCUT2D eigenvalue weighted by Crippen LogP contribution is 2.31. The number of rotatable bonds is 8. The van der Waals surface area contributed by atoms with E-state index < -0.39 is 5.91 Å². The number of hydrogen-bond donors (Lipinski definition) is 1. The van der Waals surface area contributed by atoms with Gasteiger partial charge in [0.05, 0.1) is 7.11 Å². The minimum Gasteiger partial charge on any atom is -0.493 e. The number of carbonyl (C=O) groups excluding carboxylic acids is 1. The normalized spacial score (nSPS) is 11.2. The van der Waals surface area contributed by atoms with Crippen LogP contribution in [0.5, 0.6) is 11.5 Å². The van der Waals surface area contributed by atoms with Crippen LogP contribution in [0.25, 0.3) is 16.8 Å². The van der Waals surface area contributed by atoms with E-state index in [2.05, 4.69) is 46.7 Å². The van der Waals surface area contributed by atoms with Crippen molar-refractivity contribution in [3.63, 3.8) is 0 Å². The van der Waals surface area contributed by atoms with Crippen molar-refractivity contribution in [3.8, 4) is 17.6 Å². The number of anilines is 1. The highest BCUT2D eigenvalue weighted by atomic mass is 32.1. The molecule has 0 saturated heterocycles. The van der Waals surface area contributed by atoms with Gasteiger partial charge in [-0.15, -0.1) is 10.2 Å². The minimum atomic E-state index is -0.544. The Labute approximate surface area is 207 Å². The van der Waals surface area contributed by atoms with Gasteiger partial charge in [0.15, 0.2) is 11.5 Å². The summed E-state index contributed by atoms with van der Waals surface area (Å²) >= 11 is 1.28. The lowest BCUT2D eigenvalue weighted by molar-refractivity contribution is -0.112. The molecule has 4 aromatic rings. The zero-order valence-electron chi connectivity index (χ0n) is 19.7. The number of carbonyl (C=O) groups is 1. The number of aromatic nitrogens is 2. The molecule has 0 saturated carbocycles. The number of fused-ring (bicyclic) bond motifs is 1.